The van der Waals surface area contributed by atoms with Crippen molar-refractivity contribution in [2.75, 3.05) is 6.54 Å². The van der Waals surface area contributed by atoms with Gasteiger partial charge in [-0.15, -0.1) is 0 Å². The minimum absolute atomic E-state index is 0.0141. The summed E-state index contributed by atoms with van der Waals surface area (Å²) in [5, 5.41) is 6.81. The Morgan fingerprint density at radius 2 is 2.23 bits per heavy atom. The molecule has 7 nitrogen and oxygen atoms in total. The van der Waals surface area contributed by atoms with E-state index in [1.165, 1.54) is 6.33 Å². The zero-order valence-corrected chi connectivity index (χ0v) is 12.0. The van der Waals surface area contributed by atoms with Crippen LogP contribution in [0.25, 0.3) is 5.65 Å². The average molecular weight is 296 g/mol. The fourth-order valence-electron chi connectivity index (χ4n) is 3.07. The van der Waals surface area contributed by atoms with E-state index in [-0.39, 0.29) is 11.9 Å². The van der Waals surface area contributed by atoms with E-state index >= 15 is 0 Å². The molecule has 0 aromatic carbocycles. The number of hydrogen-bond donors (Lipinski definition) is 1. The van der Waals surface area contributed by atoms with Crippen LogP contribution in [-0.2, 0) is 0 Å². The van der Waals surface area contributed by atoms with Crippen molar-refractivity contribution in [1.29, 1.82) is 0 Å². The second-order valence-electron chi connectivity index (χ2n) is 5.45. The molecule has 1 amide bonds. The maximum atomic E-state index is 13.0. The zero-order valence-electron chi connectivity index (χ0n) is 12.0. The predicted molar refractivity (Wildman–Crippen MR) is 79.2 cm³/mol. The molecule has 1 aliphatic heterocycles. The molecule has 3 aromatic rings. The van der Waals surface area contributed by atoms with Crippen LogP contribution in [0.2, 0.25) is 0 Å². The summed E-state index contributed by atoms with van der Waals surface area (Å²) in [6, 6.07) is 5.66. The topological polar surface area (TPSA) is 79.2 Å². The number of rotatable bonds is 2. The molecule has 1 saturated heterocycles. The summed E-state index contributed by atoms with van der Waals surface area (Å²) in [6.45, 7) is 0.726. The van der Waals surface area contributed by atoms with E-state index in [4.69, 9.17) is 0 Å². The van der Waals surface area contributed by atoms with Crippen LogP contribution < -0.4 is 0 Å². The lowest BCUT2D eigenvalue weighted by Gasteiger charge is -2.34. The molecule has 0 radical (unpaired) electrons. The van der Waals surface area contributed by atoms with Gasteiger partial charge in [-0.3, -0.25) is 14.3 Å². The quantitative estimate of drug-likeness (QED) is 0.782. The number of H-pyrrole nitrogens is 1. The second-order valence-corrected chi connectivity index (χ2v) is 5.45. The van der Waals surface area contributed by atoms with E-state index in [1.54, 1.807) is 6.20 Å². The Balaban J connectivity index is 1.71. The van der Waals surface area contributed by atoms with Crippen LogP contribution in [-0.4, -0.2) is 41.9 Å². The summed E-state index contributed by atoms with van der Waals surface area (Å²) in [6.07, 6.45) is 7.99. The van der Waals surface area contributed by atoms with Crippen molar-refractivity contribution in [3.05, 3.63) is 48.4 Å². The van der Waals surface area contributed by atoms with Crippen LogP contribution in [0.5, 0.6) is 0 Å². The first-order valence-electron chi connectivity index (χ1n) is 7.43. The molecule has 0 unspecified atom stereocenters. The first kappa shape index (κ1) is 13.0. The Morgan fingerprint density at radius 3 is 3.09 bits per heavy atom. The molecular formula is C15H16N6O. The van der Waals surface area contributed by atoms with E-state index in [9.17, 15) is 4.79 Å². The SMILES string of the molecule is O=C(c1cnc2ccccn12)N1CCCC[C@@H]1c1ncn[nH]1. The van der Waals surface area contributed by atoms with Gasteiger partial charge in [-0.05, 0) is 31.4 Å². The molecule has 7 heteroatoms. The minimum Gasteiger partial charge on any atom is -0.327 e. The number of aromatic amines is 1. The number of nitrogens with one attached hydrogen (secondary N) is 1. The number of imidazole rings is 1. The fraction of sp³-hybridized carbons (Fsp3) is 0.333. The van der Waals surface area contributed by atoms with Crippen LogP contribution in [0.15, 0.2) is 36.9 Å². The van der Waals surface area contributed by atoms with Crippen LogP contribution in [0.1, 0.15) is 41.6 Å². The highest BCUT2D eigenvalue weighted by Crippen LogP contribution is 2.29. The Morgan fingerprint density at radius 1 is 1.27 bits per heavy atom. The molecule has 112 valence electrons. The number of carbonyl (C=O) groups excluding carboxylic acids is 1. The third-order valence-corrected chi connectivity index (χ3v) is 4.15. The van der Waals surface area contributed by atoms with Gasteiger partial charge in [0, 0.05) is 12.7 Å². The molecule has 0 spiro atoms. The third kappa shape index (κ3) is 2.05. The Bertz CT molecular complexity index is 793. The number of nitrogens with zero attached hydrogens (tertiary/aromatic N) is 5. The number of carbonyl (C=O) groups is 1. The summed E-state index contributed by atoms with van der Waals surface area (Å²) in [4.78, 5) is 23.4. The maximum Gasteiger partial charge on any atom is 0.273 e. The first-order chi connectivity index (χ1) is 10.8. The number of aromatic nitrogens is 5. The largest absolute Gasteiger partial charge is 0.327 e. The lowest BCUT2D eigenvalue weighted by Crippen LogP contribution is -2.39. The summed E-state index contributed by atoms with van der Waals surface area (Å²) in [5.41, 5.74) is 1.36. The van der Waals surface area contributed by atoms with Crippen molar-refractivity contribution in [3.8, 4) is 0 Å². The zero-order chi connectivity index (χ0) is 14.9. The molecule has 0 bridgehead atoms. The molecule has 4 rings (SSSR count). The number of likely N-dealkylation sites (tertiary alicyclic amines) is 1. The van der Waals surface area contributed by atoms with Crippen molar-refractivity contribution >= 4 is 11.6 Å². The van der Waals surface area contributed by atoms with E-state index in [0.717, 1.165) is 37.3 Å². The van der Waals surface area contributed by atoms with Crippen LogP contribution in [0.3, 0.4) is 0 Å². The monoisotopic (exact) mass is 296 g/mol. The van der Waals surface area contributed by atoms with Gasteiger partial charge in [-0.1, -0.05) is 6.07 Å². The van der Waals surface area contributed by atoms with E-state index in [0.29, 0.717) is 5.69 Å². The van der Waals surface area contributed by atoms with Crippen molar-refractivity contribution in [2.24, 2.45) is 0 Å². The number of amides is 1. The van der Waals surface area contributed by atoms with Gasteiger partial charge in [0.05, 0.1) is 12.2 Å². The van der Waals surface area contributed by atoms with Gasteiger partial charge in [0.1, 0.15) is 23.5 Å². The first-order valence-corrected chi connectivity index (χ1v) is 7.43. The Labute approximate surface area is 127 Å². The number of pyridine rings is 1. The van der Waals surface area contributed by atoms with Gasteiger partial charge in [0.15, 0.2) is 0 Å². The van der Waals surface area contributed by atoms with E-state index in [1.807, 2.05) is 33.7 Å². The van der Waals surface area contributed by atoms with Gasteiger partial charge in [-0.25, -0.2) is 9.97 Å². The van der Waals surface area contributed by atoms with Crippen molar-refractivity contribution in [2.45, 2.75) is 25.3 Å². The number of fused-ring (bicyclic) bond motifs is 1. The second kappa shape index (κ2) is 5.25. The third-order valence-electron chi connectivity index (χ3n) is 4.15. The van der Waals surface area contributed by atoms with Gasteiger partial charge >= 0.3 is 0 Å². The molecule has 22 heavy (non-hydrogen) atoms. The summed E-state index contributed by atoms with van der Waals surface area (Å²) >= 11 is 0. The molecule has 3 aromatic heterocycles. The molecular weight excluding hydrogens is 280 g/mol. The molecule has 1 aliphatic rings. The highest BCUT2D eigenvalue weighted by molar-refractivity contribution is 5.93. The molecule has 0 aliphatic carbocycles. The van der Waals surface area contributed by atoms with Crippen molar-refractivity contribution in [1.82, 2.24) is 29.5 Å². The Kier molecular flexibility index (Phi) is 3.10. The number of piperidine rings is 1. The van der Waals surface area contributed by atoms with Gasteiger partial charge < -0.3 is 4.90 Å². The van der Waals surface area contributed by atoms with E-state index < -0.39 is 0 Å². The molecule has 1 fully saturated rings. The summed E-state index contributed by atoms with van der Waals surface area (Å²) in [7, 11) is 0. The van der Waals surface area contributed by atoms with Gasteiger partial charge in [-0.2, -0.15) is 5.10 Å². The summed E-state index contributed by atoms with van der Waals surface area (Å²) in [5.74, 6) is 0.738. The molecule has 4 heterocycles. The van der Waals surface area contributed by atoms with Gasteiger partial charge in [0.25, 0.3) is 5.91 Å². The lowest BCUT2D eigenvalue weighted by atomic mass is 10.0. The van der Waals surface area contributed by atoms with Crippen molar-refractivity contribution in [3.63, 3.8) is 0 Å². The normalized spacial score (nSPS) is 18.7. The fourth-order valence-corrected chi connectivity index (χ4v) is 3.07. The highest BCUT2D eigenvalue weighted by atomic mass is 16.2. The highest BCUT2D eigenvalue weighted by Gasteiger charge is 2.31. The standard InChI is InChI=1S/C15H16N6O/c22-15(12-9-16-13-6-2-4-7-20(12)13)21-8-3-1-5-11(21)14-17-10-18-19-14/h2,4,6-7,9-11H,1,3,5,8H2,(H,17,18,19)/t11-/m1/s1. The summed E-state index contributed by atoms with van der Waals surface area (Å²) < 4.78 is 1.83. The number of hydrogen-bond acceptors (Lipinski definition) is 4. The van der Waals surface area contributed by atoms with Crippen molar-refractivity contribution < 1.29 is 4.79 Å². The molecule has 1 atom stereocenters. The molecule has 1 N–H and O–H groups in total. The maximum absolute atomic E-state index is 13.0. The predicted octanol–water partition coefficient (Wildman–Crippen LogP) is 1.82. The Hall–Kier alpha value is -2.70. The lowest BCUT2D eigenvalue weighted by molar-refractivity contribution is 0.0593. The van der Waals surface area contributed by atoms with E-state index in [2.05, 4.69) is 20.2 Å². The van der Waals surface area contributed by atoms with Crippen LogP contribution >= 0.6 is 0 Å². The molecule has 0 saturated carbocycles. The van der Waals surface area contributed by atoms with Crippen LogP contribution in [0, 0.1) is 0 Å². The smallest absolute Gasteiger partial charge is 0.273 e. The minimum atomic E-state index is -0.0435. The average Bonchev–Trinajstić information content (AvgIpc) is 3.24. The van der Waals surface area contributed by atoms with Gasteiger partial charge in [0.2, 0.25) is 0 Å². The van der Waals surface area contributed by atoms with Crippen LogP contribution in [0.4, 0.5) is 0 Å².